The van der Waals surface area contributed by atoms with Gasteiger partial charge in [-0.05, 0) is 107 Å². The Labute approximate surface area is 404 Å². The highest BCUT2D eigenvalue weighted by Crippen LogP contribution is 2.59. The number of rotatable bonds is 24. The summed E-state index contributed by atoms with van der Waals surface area (Å²) in [5.74, 6) is -9.22. The lowest BCUT2D eigenvalue weighted by molar-refractivity contribution is -0.387. The van der Waals surface area contributed by atoms with E-state index in [1.165, 1.54) is 75.8 Å². The normalized spacial score (nSPS) is 24.9. The third kappa shape index (κ3) is 15.5. The Balaban J connectivity index is 2.35. The molecule has 68 heavy (non-hydrogen) atoms. The molecule has 2 bridgehead atoms. The standard InChI is InChI=1S/C52H82O16/c1-17-18-19-20-21-22-23-27-32-60-45(57)62-40-39(63-49(14,15)59-16)50(31-30-34(2)38(61-36(4)53)35(3)33-37-28-25-24-26-29-37)64-41(42(54)65-46(5,6)7)51(58,43(55)66-47(8,9)10)52(40,68-50)44(56)67-48(11,12)13/h24-26,28-29,35,38-41,58H,2,17-23,27,30-33H2,1,3-16H3/t35?,38?,39-,40-,41-,50-,51-,52-/m1/s1. The van der Waals surface area contributed by atoms with E-state index in [0.29, 0.717) is 18.4 Å². The van der Waals surface area contributed by atoms with Gasteiger partial charge in [-0.1, -0.05) is 95.7 Å². The monoisotopic (exact) mass is 963 g/mol. The zero-order valence-corrected chi connectivity index (χ0v) is 43.5. The molecule has 0 radical (unpaired) electrons. The smallest absolute Gasteiger partial charge is 0.458 e. The summed E-state index contributed by atoms with van der Waals surface area (Å²) < 4.78 is 61.0. The Bertz CT molecular complexity index is 1860. The molecule has 1 aromatic rings. The van der Waals surface area contributed by atoms with Crippen molar-refractivity contribution in [3.63, 3.8) is 0 Å². The van der Waals surface area contributed by atoms with Gasteiger partial charge in [0.2, 0.25) is 17.5 Å². The molecule has 2 aliphatic heterocycles. The summed E-state index contributed by atoms with van der Waals surface area (Å²) in [6, 6.07) is 9.59. The van der Waals surface area contributed by atoms with Crippen molar-refractivity contribution >= 4 is 30.0 Å². The summed E-state index contributed by atoms with van der Waals surface area (Å²) in [5, 5.41) is 13.4. The number of carbonyl (C=O) groups excluding carboxylic acids is 5. The van der Waals surface area contributed by atoms with Crippen molar-refractivity contribution in [2.45, 2.75) is 232 Å². The number of aliphatic hydroxyl groups is 1. The Hall–Kier alpha value is -4.09. The number of esters is 4. The second-order valence-electron chi connectivity index (χ2n) is 21.6. The predicted octanol–water partition coefficient (Wildman–Crippen LogP) is 9.18. The topological polar surface area (TPSA) is 198 Å². The van der Waals surface area contributed by atoms with Crippen LogP contribution in [0.25, 0.3) is 0 Å². The van der Waals surface area contributed by atoms with Gasteiger partial charge in [0.25, 0.3) is 5.60 Å². The van der Waals surface area contributed by atoms with Crippen LogP contribution in [-0.4, -0.2) is 113 Å². The molecular weight excluding hydrogens is 881 g/mol. The van der Waals surface area contributed by atoms with Crippen molar-refractivity contribution in [2.75, 3.05) is 13.7 Å². The highest BCUT2D eigenvalue weighted by atomic mass is 16.8. The first-order valence-corrected chi connectivity index (χ1v) is 24.1. The average molecular weight is 963 g/mol. The number of fused-ring (bicyclic) bond motifs is 2. The molecule has 0 amide bonds. The summed E-state index contributed by atoms with van der Waals surface area (Å²) in [6.45, 7) is 26.4. The molecule has 2 heterocycles. The van der Waals surface area contributed by atoms with E-state index >= 15 is 4.79 Å². The van der Waals surface area contributed by atoms with E-state index < -0.39 is 94.0 Å². The largest absolute Gasteiger partial charge is 0.508 e. The molecular formula is C52H82O16. The van der Waals surface area contributed by atoms with Crippen LogP contribution in [0.1, 0.15) is 167 Å². The fourth-order valence-electron chi connectivity index (χ4n) is 8.34. The minimum Gasteiger partial charge on any atom is -0.458 e. The number of benzene rings is 1. The van der Waals surface area contributed by atoms with Crippen LogP contribution in [0.5, 0.6) is 0 Å². The molecule has 1 N–H and O–H groups in total. The molecule has 0 spiro atoms. The molecule has 2 saturated heterocycles. The highest BCUT2D eigenvalue weighted by Gasteiger charge is 2.87. The van der Waals surface area contributed by atoms with Crippen molar-refractivity contribution in [3.8, 4) is 0 Å². The van der Waals surface area contributed by atoms with E-state index in [9.17, 15) is 24.3 Å². The lowest BCUT2D eigenvalue weighted by atomic mass is 9.74. The third-order valence-electron chi connectivity index (χ3n) is 11.5. The van der Waals surface area contributed by atoms with Crippen molar-refractivity contribution in [1.29, 1.82) is 0 Å². The van der Waals surface area contributed by atoms with Crippen LogP contribution in [0.4, 0.5) is 4.79 Å². The maximum atomic E-state index is 15.4. The molecule has 1 aromatic carbocycles. The fraction of sp³-hybridized carbons (Fsp3) is 0.750. The number of hydrogen-bond acceptors (Lipinski definition) is 16. The minimum absolute atomic E-state index is 0.0765. The second kappa shape index (κ2) is 23.7. The van der Waals surface area contributed by atoms with E-state index in [0.717, 1.165) is 44.1 Å². The van der Waals surface area contributed by atoms with Gasteiger partial charge in [-0.25, -0.2) is 19.2 Å². The van der Waals surface area contributed by atoms with Gasteiger partial charge < -0.3 is 52.5 Å². The van der Waals surface area contributed by atoms with Gasteiger partial charge >= 0.3 is 30.0 Å². The maximum absolute atomic E-state index is 15.4. The Kier molecular flexibility index (Phi) is 20.3. The second-order valence-corrected chi connectivity index (χ2v) is 21.6. The first kappa shape index (κ1) is 58.2. The van der Waals surface area contributed by atoms with Gasteiger partial charge in [0.15, 0.2) is 18.0 Å². The molecule has 2 aliphatic rings. The summed E-state index contributed by atoms with van der Waals surface area (Å²) in [4.78, 5) is 71.8. The van der Waals surface area contributed by atoms with E-state index in [-0.39, 0.29) is 25.4 Å². The van der Waals surface area contributed by atoms with Crippen LogP contribution < -0.4 is 0 Å². The van der Waals surface area contributed by atoms with Gasteiger partial charge in [-0.15, -0.1) is 0 Å². The molecule has 3 rings (SSSR count). The lowest BCUT2D eigenvalue weighted by Gasteiger charge is -2.51. The van der Waals surface area contributed by atoms with Crippen molar-refractivity contribution in [2.24, 2.45) is 5.92 Å². The number of ether oxygens (including phenoxy) is 10. The summed E-state index contributed by atoms with van der Waals surface area (Å²) in [5.41, 5.74) is -9.35. The zero-order chi connectivity index (χ0) is 51.5. The predicted molar refractivity (Wildman–Crippen MR) is 252 cm³/mol. The van der Waals surface area contributed by atoms with Crippen LogP contribution in [0.3, 0.4) is 0 Å². The number of methoxy groups -OCH3 is 1. The number of hydrogen-bond donors (Lipinski definition) is 1. The van der Waals surface area contributed by atoms with E-state index in [4.69, 9.17) is 47.4 Å². The average Bonchev–Trinajstić information content (AvgIpc) is 3.43. The molecule has 16 nitrogen and oxygen atoms in total. The molecule has 16 heteroatoms. The minimum atomic E-state index is -3.53. The van der Waals surface area contributed by atoms with Crippen molar-refractivity contribution in [3.05, 3.63) is 48.0 Å². The summed E-state index contributed by atoms with van der Waals surface area (Å²) in [6.07, 6.45) is -0.908. The SMILES string of the molecule is C=C(CC[C@@]12O[C@H](C(=O)OC(C)(C)C)[C@@](O)(C(=O)OC(C)(C)C)[C@@](C(=O)OC(C)(C)C)(O1)[C@H](OC(=O)OCCCCCCCCCC)[C@H]2OC(C)(C)OC)C(OC(C)=O)C(C)Cc1ccccc1. The quantitative estimate of drug-likeness (QED) is 0.0338. The number of unbranched alkanes of at least 4 members (excludes halogenated alkanes) is 7. The Morgan fingerprint density at radius 3 is 1.85 bits per heavy atom. The molecule has 0 aliphatic carbocycles. The maximum Gasteiger partial charge on any atom is 0.508 e. The van der Waals surface area contributed by atoms with Gasteiger partial charge in [0.05, 0.1) is 6.61 Å². The van der Waals surface area contributed by atoms with E-state index in [1.54, 1.807) is 20.8 Å². The van der Waals surface area contributed by atoms with Crippen LogP contribution in [0.15, 0.2) is 42.5 Å². The zero-order valence-electron chi connectivity index (χ0n) is 43.5. The Morgan fingerprint density at radius 2 is 1.32 bits per heavy atom. The first-order valence-electron chi connectivity index (χ1n) is 24.1. The van der Waals surface area contributed by atoms with E-state index in [2.05, 4.69) is 13.5 Å². The Morgan fingerprint density at radius 1 is 0.779 bits per heavy atom. The van der Waals surface area contributed by atoms with Crippen molar-refractivity contribution < 1.29 is 76.4 Å². The lowest BCUT2D eigenvalue weighted by Crippen LogP contribution is -2.79. The van der Waals surface area contributed by atoms with Crippen LogP contribution >= 0.6 is 0 Å². The molecule has 2 fully saturated rings. The molecule has 2 unspecified atom stereocenters. The van der Waals surface area contributed by atoms with Crippen LogP contribution in [0, 0.1) is 5.92 Å². The molecule has 386 valence electrons. The molecule has 0 saturated carbocycles. The molecule has 8 atom stereocenters. The van der Waals surface area contributed by atoms with Crippen LogP contribution in [0.2, 0.25) is 0 Å². The summed E-state index contributed by atoms with van der Waals surface area (Å²) >= 11 is 0. The number of carbonyl (C=O) groups is 5. The van der Waals surface area contributed by atoms with Crippen molar-refractivity contribution in [1.82, 2.24) is 0 Å². The van der Waals surface area contributed by atoms with Gasteiger partial charge in [-0.2, -0.15) is 0 Å². The fourth-order valence-corrected chi connectivity index (χ4v) is 8.34. The van der Waals surface area contributed by atoms with Gasteiger partial charge in [-0.3, -0.25) is 4.79 Å². The first-order chi connectivity index (χ1) is 31.4. The third-order valence-corrected chi connectivity index (χ3v) is 11.5. The van der Waals surface area contributed by atoms with Crippen LogP contribution in [-0.2, 0) is 73.0 Å². The van der Waals surface area contributed by atoms with Gasteiger partial charge in [0.1, 0.15) is 22.9 Å². The molecule has 0 aromatic heterocycles. The van der Waals surface area contributed by atoms with Gasteiger partial charge in [0, 0.05) is 26.4 Å². The van der Waals surface area contributed by atoms with E-state index in [1.807, 2.05) is 37.3 Å². The summed E-state index contributed by atoms with van der Waals surface area (Å²) in [7, 11) is 1.34. The highest BCUT2D eigenvalue weighted by molar-refractivity contribution is 6.00.